The van der Waals surface area contributed by atoms with Crippen molar-refractivity contribution < 1.29 is 19.1 Å². The minimum Gasteiger partial charge on any atom is -0.466 e. The SMILES string of the molecule is CCOC(=O)CCCC(=O)Oc1ccc(Br)cc1. The monoisotopic (exact) mass is 314 g/mol. The molecule has 0 spiro atoms. The van der Waals surface area contributed by atoms with E-state index in [0.717, 1.165) is 4.47 Å². The number of rotatable bonds is 6. The Bertz CT molecular complexity index is 400. The van der Waals surface area contributed by atoms with E-state index in [0.29, 0.717) is 18.8 Å². The summed E-state index contributed by atoms with van der Waals surface area (Å²) in [5.41, 5.74) is 0. The molecule has 0 unspecified atom stereocenters. The van der Waals surface area contributed by atoms with Gasteiger partial charge in [0.15, 0.2) is 0 Å². The molecule has 0 atom stereocenters. The summed E-state index contributed by atoms with van der Waals surface area (Å²) in [6, 6.07) is 6.99. The quantitative estimate of drug-likeness (QED) is 0.598. The van der Waals surface area contributed by atoms with Crippen LogP contribution in [0.2, 0.25) is 0 Å². The normalized spacial score (nSPS) is 9.89. The minimum atomic E-state index is -0.346. The molecule has 0 aliphatic heterocycles. The molecule has 0 fully saturated rings. The van der Waals surface area contributed by atoms with Crippen LogP contribution < -0.4 is 4.74 Å². The fourth-order valence-electron chi connectivity index (χ4n) is 1.30. The van der Waals surface area contributed by atoms with E-state index in [1.807, 2.05) is 0 Å². The van der Waals surface area contributed by atoms with Crippen molar-refractivity contribution >= 4 is 27.9 Å². The lowest BCUT2D eigenvalue weighted by Gasteiger charge is -2.04. The van der Waals surface area contributed by atoms with Gasteiger partial charge in [-0.2, -0.15) is 0 Å². The van der Waals surface area contributed by atoms with Crippen molar-refractivity contribution in [2.24, 2.45) is 0 Å². The summed E-state index contributed by atoms with van der Waals surface area (Å²) in [6.07, 6.45) is 0.881. The van der Waals surface area contributed by atoms with Crippen LogP contribution >= 0.6 is 15.9 Å². The predicted octanol–water partition coefficient (Wildman–Crippen LogP) is 3.09. The van der Waals surface area contributed by atoms with E-state index >= 15 is 0 Å². The van der Waals surface area contributed by atoms with Crippen LogP contribution in [0.1, 0.15) is 26.2 Å². The Morgan fingerprint density at radius 1 is 1.11 bits per heavy atom. The summed E-state index contributed by atoms with van der Waals surface area (Å²) < 4.78 is 10.8. The van der Waals surface area contributed by atoms with Crippen molar-refractivity contribution in [1.82, 2.24) is 0 Å². The van der Waals surface area contributed by atoms with Gasteiger partial charge in [-0.25, -0.2) is 0 Å². The Labute approximate surface area is 114 Å². The third-order valence-corrected chi connectivity index (χ3v) is 2.64. The largest absolute Gasteiger partial charge is 0.466 e. The Kier molecular flexibility index (Phi) is 6.43. The molecule has 0 radical (unpaired) electrons. The molecule has 98 valence electrons. The molecule has 0 amide bonds. The second-order valence-electron chi connectivity index (χ2n) is 3.59. The molecule has 0 aromatic heterocycles. The Balaban J connectivity index is 2.25. The van der Waals surface area contributed by atoms with Gasteiger partial charge >= 0.3 is 11.9 Å². The van der Waals surface area contributed by atoms with E-state index in [1.54, 1.807) is 31.2 Å². The zero-order chi connectivity index (χ0) is 13.4. The van der Waals surface area contributed by atoms with Gasteiger partial charge in [-0.3, -0.25) is 9.59 Å². The molecular formula is C13H15BrO4. The summed E-state index contributed by atoms with van der Waals surface area (Å²) in [6.45, 7) is 2.11. The van der Waals surface area contributed by atoms with Crippen LogP contribution in [0.25, 0.3) is 0 Å². The van der Waals surface area contributed by atoms with Gasteiger partial charge in [0.25, 0.3) is 0 Å². The average Bonchev–Trinajstić information content (AvgIpc) is 2.32. The number of hydrogen-bond donors (Lipinski definition) is 0. The first-order valence-corrected chi connectivity index (χ1v) is 6.53. The number of carbonyl (C=O) groups is 2. The zero-order valence-corrected chi connectivity index (χ0v) is 11.7. The number of hydrogen-bond acceptors (Lipinski definition) is 4. The van der Waals surface area contributed by atoms with E-state index in [-0.39, 0.29) is 24.8 Å². The number of esters is 2. The van der Waals surface area contributed by atoms with Gasteiger partial charge in [0.05, 0.1) is 6.61 Å². The van der Waals surface area contributed by atoms with E-state index in [2.05, 4.69) is 15.9 Å². The van der Waals surface area contributed by atoms with Gasteiger partial charge in [-0.05, 0) is 37.6 Å². The highest BCUT2D eigenvalue weighted by atomic mass is 79.9. The maximum Gasteiger partial charge on any atom is 0.311 e. The lowest BCUT2D eigenvalue weighted by Crippen LogP contribution is -2.10. The summed E-state index contributed by atoms with van der Waals surface area (Å²) in [5.74, 6) is -0.130. The molecule has 0 N–H and O–H groups in total. The van der Waals surface area contributed by atoms with Crippen molar-refractivity contribution in [3.8, 4) is 5.75 Å². The maximum absolute atomic E-state index is 11.5. The molecule has 0 saturated carbocycles. The van der Waals surface area contributed by atoms with Crippen LogP contribution in [0.15, 0.2) is 28.7 Å². The molecule has 0 aliphatic rings. The van der Waals surface area contributed by atoms with Crippen molar-refractivity contribution in [2.45, 2.75) is 26.2 Å². The van der Waals surface area contributed by atoms with Crippen molar-refractivity contribution in [3.63, 3.8) is 0 Å². The zero-order valence-electron chi connectivity index (χ0n) is 10.1. The third kappa shape index (κ3) is 5.82. The van der Waals surface area contributed by atoms with E-state index in [4.69, 9.17) is 9.47 Å². The molecule has 0 bridgehead atoms. The Morgan fingerprint density at radius 3 is 2.33 bits per heavy atom. The first-order valence-electron chi connectivity index (χ1n) is 5.73. The third-order valence-electron chi connectivity index (χ3n) is 2.11. The van der Waals surface area contributed by atoms with E-state index < -0.39 is 0 Å². The molecule has 0 saturated heterocycles. The number of ether oxygens (including phenoxy) is 2. The average molecular weight is 315 g/mol. The van der Waals surface area contributed by atoms with Gasteiger partial charge in [0.2, 0.25) is 0 Å². The Hall–Kier alpha value is -1.36. The lowest BCUT2D eigenvalue weighted by atomic mass is 10.2. The fourth-order valence-corrected chi connectivity index (χ4v) is 1.56. The fraction of sp³-hybridized carbons (Fsp3) is 0.385. The predicted molar refractivity (Wildman–Crippen MR) is 70.3 cm³/mol. The molecule has 1 aromatic rings. The maximum atomic E-state index is 11.5. The number of benzene rings is 1. The van der Waals surface area contributed by atoms with Crippen molar-refractivity contribution in [2.75, 3.05) is 6.61 Å². The van der Waals surface area contributed by atoms with Crippen LogP contribution in [0, 0.1) is 0 Å². The highest BCUT2D eigenvalue weighted by Crippen LogP contribution is 2.16. The molecule has 5 heteroatoms. The first kappa shape index (κ1) is 14.7. The first-order chi connectivity index (χ1) is 8.61. The Morgan fingerprint density at radius 2 is 1.72 bits per heavy atom. The number of halogens is 1. The second kappa shape index (κ2) is 7.87. The van der Waals surface area contributed by atoms with Crippen molar-refractivity contribution in [1.29, 1.82) is 0 Å². The minimum absolute atomic E-state index is 0.203. The molecule has 0 aliphatic carbocycles. The van der Waals surface area contributed by atoms with Gasteiger partial charge in [-0.15, -0.1) is 0 Å². The van der Waals surface area contributed by atoms with Crippen LogP contribution in [-0.2, 0) is 14.3 Å². The van der Waals surface area contributed by atoms with Crippen LogP contribution in [0.5, 0.6) is 5.75 Å². The van der Waals surface area contributed by atoms with Gasteiger partial charge in [0, 0.05) is 17.3 Å². The van der Waals surface area contributed by atoms with Gasteiger partial charge in [0.1, 0.15) is 5.75 Å². The standard InChI is InChI=1S/C13H15BrO4/c1-2-17-12(15)4-3-5-13(16)18-11-8-6-10(14)7-9-11/h6-9H,2-5H2,1H3. The van der Waals surface area contributed by atoms with E-state index in [9.17, 15) is 9.59 Å². The molecule has 4 nitrogen and oxygen atoms in total. The summed E-state index contributed by atoms with van der Waals surface area (Å²) in [7, 11) is 0. The highest BCUT2D eigenvalue weighted by molar-refractivity contribution is 9.10. The summed E-state index contributed by atoms with van der Waals surface area (Å²) in [4.78, 5) is 22.5. The highest BCUT2D eigenvalue weighted by Gasteiger charge is 2.07. The molecule has 0 heterocycles. The van der Waals surface area contributed by atoms with Gasteiger partial charge < -0.3 is 9.47 Å². The molecule has 18 heavy (non-hydrogen) atoms. The molecular weight excluding hydrogens is 300 g/mol. The molecule has 1 aromatic carbocycles. The number of carbonyl (C=O) groups excluding carboxylic acids is 2. The van der Waals surface area contributed by atoms with E-state index in [1.165, 1.54) is 0 Å². The molecule has 1 rings (SSSR count). The van der Waals surface area contributed by atoms with Crippen LogP contribution in [0.4, 0.5) is 0 Å². The summed E-state index contributed by atoms with van der Waals surface area (Å²) in [5, 5.41) is 0. The smallest absolute Gasteiger partial charge is 0.311 e. The van der Waals surface area contributed by atoms with Crippen molar-refractivity contribution in [3.05, 3.63) is 28.7 Å². The van der Waals surface area contributed by atoms with Crippen LogP contribution in [0.3, 0.4) is 0 Å². The topological polar surface area (TPSA) is 52.6 Å². The summed E-state index contributed by atoms with van der Waals surface area (Å²) >= 11 is 3.29. The van der Waals surface area contributed by atoms with Gasteiger partial charge in [-0.1, -0.05) is 15.9 Å². The van der Waals surface area contributed by atoms with Crippen LogP contribution in [-0.4, -0.2) is 18.5 Å². The lowest BCUT2D eigenvalue weighted by molar-refractivity contribution is -0.143. The second-order valence-corrected chi connectivity index (χ2v) is 4.50.